The van der Waals surface area contributed by atoms with Crippen molar-refractivity contribution in [1.29, 1.82) is 0 Å². The molecule has 0 aromatic heterocycles. The molecule has 1 fully saturated rings. The van der Waals surface area contributed by atoms with Crippen LogP contribution in [0.5, 0.6) is 0 Å². The normalized spacial score (nSPS) is 28.1. The molecule has 2 rings (SSSR count). The number of hydrogen-bond donors (Lipinski definition) is 0. The van der Waals surface area contributed by atoms with Crippen LogP contribution in [0.4, 0.5) is 0 Å². The highest BCUT2D eigenvalue weighted by Gasteiger charge is 2.34. The molecule has 0 aromatic rings. The maximum absolute atomic E-state index is 5.38. The SMILES string of the molecule is CC(C)(C)C1=NC2COCC[N+]2=C1. The van der Waals surface area contributed by atoms with Crippen LogP contribution < -0.4 is 0 Å². The molecule has 2 heterocycles. The summed E-state index contributed by atoms with van der Waals surface area (Å²) in [6, 6.07) is 0. The number of nitrogens with zero attached hydrogens (tertiary/aromatic N) is 2. The van der Waals surface area contributed by atoms with E-state index in [2.05, 4.69) is 36.6 Å². The van der Waals surface area contributed by atoms with Crippen molar-refractivity contribution in [1.82, 2.24) is 0 Å². The van der Waals surface area contributed by atoms with Gasteiger partial charge in [-0.15, -0.1) is 0 Å². The van der Waals surface area contributed by atoms with E-state index in [0.717, 1.165) is 19.8 Å². The molecule has 72 valence electrons. The van der Waals surface area contributed by atoms with Crippen molar-refractivity contribution in [2.45, 2.75) is 26.9 Å². The summed E-state index contributed by atoms with van der Waals surface area (Å²) in [5.41, 5.74) is 1.36. The Kier molecular flexibility index (Phi) is 1.99. The van der Waals surface area contributed by atoms with Gasteiger partial charge in [0, 0.05) is 5.41 Å². The lowest BCUT2D eigenvalue weighted by Crippen LogP contribution is -2.35. The first-order valence-corrected chi connectivity index (χ1v) is 4.84. The Morgan fingerprint density at radius 3 is 2.92 bits per heavy atom. The average molecular weight is 181 g/mol. The maximum Gasteiger partial charge on any atom is 0.269 e. The molecule has 0 radical (unpaired) electrons. The van der Waals surface area contributed by atoms with Crippen LogP contribution in [0.25, 0.3) is 0 Å². The standard InChI is InChI=1S/C10H17N2O/c1-10(2,3)8-6-12-4-5-13-7-9(12)11-8/h6,9H,4-5,7H2,1-3H3/q+1. The van der Waals surface area contributed by atoms with E-state index in [1.165, 1.54) is 5.71 Å². The lowest BCUT2D eigenvalue weighted by molar-refractivity contribution is -0.577. The van der Waals surface area contributed by atoms with E-state index in [1.807, 2.05) is 0 Å². The summed E-state index contributed by atoms with van der Waals surface area (Å²) in [5.74, 6) is 0. The molecule has 1 unspecified atom stereocenters. The second-order valence-corrected chi connectivity index (χ2v) is 4.69. The Morgan fingerprint density at radius 2 is 2.31 bits per heavy atom. The molecule has 13 heavy (non-hydrogen) atoms. The molecule has 0 saturated carbocycles. The largest absolute Gasteiger partial charge is 0.366 e. The Labute approximate surface area is 79.1 Å². The number of hydrogen-bond acceptors (Lipinski definition) is 2. The first kappa shape index (κ1) is 8.88. The van der Waals surface area contributed by atoms with Crippen molar-refractivity contribution >= 4 is 11.9 Å². The first-order valence-electron chi connectivity index (χ1n) is 4.84. The van der Waals surface area contributed by atoms with Crippen molar-refractivity contribution in [3.8, 4) is 0 Å². The molecule has 3 nitrogen and oxygen atoms in total. The Hall–Kier alpha value is -0.700. The van der Waals surface area contributed by atoms with Crippen LogP contribution in [-0.2, 0) is 4.74 Å². The van der Waals surface area contributed by atoms with Gasteiger partial charge in [0.15, 0.2) is 12.8 Å². The molecule has 1 atom stereocenters. The average Bonchev–Trinajstić information content (AvgIpc) is 2.45. The van der Waals surface area contributed by atoms with Gasteiger partial charge in [-0.05, 0) is 0 Å². The predicted molar refractivity (Wildman–Crippen MR) is 52.7 cm³/mol. The molecular formula is C10H17N2O+. The smallest absolute Gasteiger partial charge is 0.269 e. The minimum absolute atomic E-state index is 0.164. The Bertz CT molecular complexity index is 273. The van der Waals surface area contributed by atoms with Gasteiger partial charge in [-0.1, -0.05) is 20.8 Å². The van der Waals surface area contributed by atoms with E-state index in [1.54, 1.807) is 0 Å². The van der Waals surface area contributed by atoms with Crippen LogP contribution in [0.1, 0.15) is 20.8 Å². The number of ether oxygens (including phenoxy) is 1. The van der Waals surface area contributed by atoms with Gasteiger partial charge in [-0.3, -0.25) is 0 Å². The summed E-state index contributed by atoms with van der Waals surface area (Å²) in [6.07, 6.45) is 2.44. The fourth-order valence-electron chi connectivity index (χ4n) is 1.60. The lowest BCUT2D eigenvalue weighted by atomic mass is 9.91. The highest BCUT2D eigenvalue weighted by molar-refractivity contribution is 6.31. The monoisotopic (exact) mass is 181 g/mol. The molecule has 2 aliphatic heterocycles. The Morgan fingerprint density at radius 1 is 1.54 bits per heavy atom. The topological polar surface area (TPSA) is 24.6 Å². The molecular weight excluding hydrogens is 164 g/mol. The van der Waals surface area contributed by atoms with Crippen LogP contribution in [0.3, 0.4) is 0 Å². The lowest BCUT2D eigenvalue weighted by Gasteiger charge is -2.14. The zero-order chi connectivity index (χ0) is 9.47. The second-order valence-electron chi connectivity index (χ2n) is 4.69. The summed E-state index contributed by atoms with van der Waals surface area (Å²) >= 11 is 0. The zero-order valence-corrected chi connectivity index (χ0v) is 8.58. The van der Waals surface area contributed by atoms with E-state index in [9.17, 15) is 0 Å². The summed E-state index contributed by atoms with van der Waals surface area (Å²) in [6.45, 7) is 9.15. The van der Waals surface area contributed by atoms with Crippen LogP contribution in [0, 0.1) is 5.41 Å². The van der Waals surface area contributed by atoms with Gasteiger partial charge in [0.2, 0.25) is 0 Å². The summed E-state index contributed by atoms with van der Waals surface area (Å²) in [7, 11) is 0. The van der Waals surface area contributed by atoms with E-state index in [-0.39, 0.29) is 11.6 Å². The van der Waals surface area contributed by atoms with Crippen molar-refractivity contribution in [3.05, 3.63) is 0 Å². The van der Waals surface area contributed by atoms with Crippen molar-refractivity contribution in [2.75, 3.05) is 19.8 Å². The molecule has 3 heteroatoms. The van der Waals surface area contributed by atoms with Crippen molar-refractivity contribution in [2.24, 2.45) is 10.4 Å². The van der Waals surface area contributed by atoms with Gasteiger partial charge in [0.25, 0.3) is 6.17 Å². The minimum atomic E-state index is 0.164. The minimum Gasteiger partial charge on any atom is -0.366 e. The van der Waals surface area contributed by atoms with Crippen LogP contribution in [-0.4, -0.2) is 42.4 Å². The van der Waals surface area contributed by atoms with Gasteiger partial charge in [0.05, 0.1) is 0 Å². The molecule has 0 aromatic carbocycles. The highest BCUT2D eigenvalue weighted by Crippen LogP contribution is 2.20. The van der Waals surface area contributed by atoms with E-state index in [0.29, 0.717) is 0 Å². The fraction of sp³-hybridized carbons (Fsp3) is 0.800. The van der Waals surface area contributed by atoms with Crippen molar-refractivity contribution < 1.29 is 9.31 Å². The third-order valence-corrected chi connectivity index (χ3v) is 2.49. The van der Waals surface area contributed by atoms with E-state index < -0.39 is 0 Å². The fourth-order valence-corrected chi connectivity index (χ4v) is 1.60. The Balaban J connectivity index is 2.21. The van der Waals surface area contributed by atoms with Gasteiger partial charge in [0.1, 0.15) is 18.9 Å². The predicted octanol–water partition coefficient (Wildman–Crippen LogP) is 0.927. The van der Waals surface area contributed by atoms with Crippen LogP contribution in [0.15, 0.2) is 4.99 Å². The van der Waals surface area contributed by atoms with Crippen LogP contribution in [0.2, 0.25) is 0 Å². The number of aliphatic imine (C=N–C) groups is 1. The summed E-state index contributed by atoms with van der Waals surface area (Å²) in [4.78, 5) is 4.64. The molecule has 0 amide bonds. The number of rotatable bonds is 0. The first-order chi connectivity index (χ1) is 6.07. The van der Waals surface area contributed by atoms with Gasteiger partial charge in [-0.25, -0.2) is 9.57 Å². The molecule has 2 aliphatic rings. The third kappa shape index (κ3) is 1.66. The third-order valence-electron chi connectivity index (χ3n) is 2.49. The second kappa shape index (κ2) is 2.91. The molecule has 1 saturated heterocycles. The van der Waals surface area contributed by atoms with Crippen LogP contribution >= 0.6 is 0 Å². The summed E-state index contributed by atoms with van der Waals surface area (Å²) in [5, 5.41) is 0. The van der Waals surface area contributed by atoms with E-state index in [4.69, 9.17) is 4.74 Å². The van der Waals surface area contributed by atoms with Gasteiger partial charge < -0.3 is 4.74 Å². The highest BCUT2D eigenvalue weighted by atomic mass is 16.5. The molecule has 0 spiro atoms. The van der Waals surface area contributed by atoms with Gasteiger partial charge >= 0.3 is 0 Å². The number of morpholine rings is 1. The zero-order valence-electron chi connectivity index (χ0n) is 8.58. The van der Waals surface area contributed by atoms with Crippen molar-refractivity contribution in [3.63, 3.8) is 0 Å². The quantitative estimate of drug-likeness (QED) is 0.510. The molecule has 0 bridgehead atoms. The molecule has 0 aliphatic carbocycles. The van der Waals surface area contributed by atoms with Gasteiger partial charge in [-0.2, -0.15) is 0 Å². The van der Waals surface area contributed by atoms with E-state index >= 15 is 0 Å². The summed E-state index contributed by atoms with van der Waals surface area (Å²) < 4.78 is 7.66. The molecule has 0 N–H and O–H groups in total. The maximum atomic E-state index is 5.38. The number of fused-ring (bicyclic) bond motifs is 1.